The molecule has 2 bridgehead atoms. The molecule has 3 fully saturated rings. The Bertz CT molecular complexity index is 1660. The Morgan fingerprint density at radius 1 is 0.889 bits per heavy atom. The Kier molecular flexibility index (Phi) is 7.69. The number of aromatic nitrogens is 4. The minimum absolute atomic E-state index is 0.0637. The second-order valence-electron chi connectivity index (χ2n) is 11.9. The molecule has 2 aromatic heterocycles. The van der Waals surface area contributed by atoms with Gasteiger partial charge in [0.1, 0.15) is 12.4 Å². The Balaban J connectivity index is 1.07. The zero-order valence-electron chi connectivity index (χ0n) is 24.8. The molecule has 14 heteroatoms. The number of piperazine rings is 1. The van der Waals surface area contributed by atoms with Crippen molar-refractivity contribution in [3.63, 3.8) is 0 Å². The van der Waals surface area contributed by atoms with Crippen LogP contribution in [0.4, 0.5) is 40.8 Å². The molecular formula is C31H34F3N9O2. The average molecular weight is 622 g/mol. The molecule has 4 aromatic rings. The normalized spacial score (nSPS) is 20.5. The van der Waals surface area contributed by atoms with Crippen LogP contribution in [0.15, 0.2) is 54.7 Å². The zero-order valence-corrected chi connectivity index (χ0v) is 24.8. The van der Waals surface area contributed by atoms with Gasteiger partial charge in [0.15, 0.2) is 11.5 Å². The number of likely N-dealkylation sites (N-methyl/N-ethyl adjacent to an activating group) is 1. The van der Waals surface area contributed by atoms with E-state index in [2.05, 4.69) is 42.5 Å². The summed E-state index contributed by atoms with van der Waals surface area (Å²) in [6, 6.07) is 14.3. The van der Waals surface area contributed by atoms with Gasteiger partial charge in [0, 0.05) is 61.9 Å². The summed E-state index contributed by atoms with van der Waals surface area (Å²) in [7, 11) is 2.12. The molecule has 0 saturated carbocycles. The summed E-state index contributed by atoms with van der Waals surface area (Å²) in [5.74, 6) is 0.820. The van der Waals surface area contributed by atoms with Crippen LogP contribution >= 0.6 is 0 Å². The number of morpholine rings is 1. The number of halogens is 3. The van der Waals surface area contributed by atoms with E-state index in [-0.39, 0.29) is 23.7 Å². The molecule has 0 spiro atoms. The van der Waals surface area contributed by atoms with Crippen LogP contribution in [-0.4, -0.2) is 95.4 Å². The van der Waals surface area contributed by atoms with Gasteiger partial charge in [-0.1, -0.05) is 0 Å². The topological polar surface area (TPSA) is 104 Å². The maximum atomic E-state index is 13.4. The number of fused-ring (bicyclic) bond motifs is 3. The van der Waals surface area contributed by atoms with Gasteiger partial charge in [0.25, 0.3) is 0 Å². The number of anilines is 4. The number of alkyl halides is 3. The van der Waals surface area contributed by atoms with Crippen LogP contribution in [0, 0.1) is 0 Å². The highest BCUT2D eigenvalue weighted by Crippen LogP contribution is 2.34. The number of nitrogens with one attached hydrogen (secondary N) is 2. The summed E-state index contributed by atoms with van der Waals surface area (Å²) in [5, 5.41) is 10.2. The fraction of sp³-hybridized carbons (Fsp3) is 0.419. The molecule has 3 aliphatic rings. The van der Waals surface area contributed by atoms with Gasteiger partial charge in [-0.25, -0.2) is 19.4 Å². The van der Waals surface area contributed by atoms with Gasteiger partial charge >= 0.3 is 12.2 Å². The van der Waals surface area contributed by atoms with Crippen LogP contribution in [0.25, 0.3) is 22.4 Å². The number of carbonyl (C=O) groups is 1. The first-order valence-electron chi connectivity index (χ1n) is 15.1. The van der Waals surface area contributed by atoms with E-state index in [1.165, 1.54) is 6.20 Å². The predicted molar refractivity (Wildman–Crippen MR) is 166 cm³/mol. The molecule has 11 nitrogen and oxygen atoms in total. The summed E-state index contributed by atoms with van der Waals surface area (Å²) >= 11 is 0. The maximum absolute atomic E-state index is 13.4. The van der Waals surface area contributed by atoms with Gasteiger partial charge in [-0.05, 0) is 68.4 Å². The van der Waals surface area contributed by atoms with Gasteiger partial charge in [0.2, 0.25) is 0 Å². The van der Waals surface area contributed by atoms with E-state index in [0.717, 1.165) is 49.4 Å². The molecule has 2 atom stereocenters. The number of carbonyl (C=O) groups excluding carboxylic acids is 1. The molecule has 5 heterocycles. The van der Waals surface area contributed by atoms with Crippen molar-refractivity contribution in [3.8, 4) is 11.4 Å². The fourth-order valence-corrected chi connectivity index (χ4v) is 6.20. The third-order valence-electron chi connectivity index (χ3n) is 8.54. The largest absolute Gasteiger partial charge is 0.408 e. The molecule has 3 aliphatic heterocycles. The standard InChI is InChI=1S/C31H34F3N9O2/c1-40-12-14-41(15-13-40)23-8-6-22(7-9-23)37-30(44)36-21-4-2-20(3-5-21)27-38-28(42-17-24-10-11-25(18-42)45-24)26-16-35-43(29(26)39-27)19-31(32,33)34/h2-9,16,24-25H,10-15,17-19H2,1H3,(H2,36,37,44)/t24-,25+. The van der Waals surface area contributed by atoms with E-state index < -0.39 is 18.8 Å². The van der Waals surface area contributed by atoms with Crippen LogP contribution in [0.1, 0.15) is 12.8 Å². The van der Waals surface area contributed by atoms with Crippen LogP contribution in [-0.2, 0) is 11.3 Å². The van der Waals surface area contributed by atoms with Crippen molar-refractivity contribution in [1.29, 1.82) is 0 Å². The van der Waals surface area contributed by atoms with Crippen LogP contribution in [0.3, 0.4) is 0 Å². The van der Waals surface area contributed by atoms with E-state index in [0.29, 0.717) is 41.2 Å². The number of nitrogens with zero attached hydrogens (tertiary/aromatic N) is 7. The van der Waals surface area contributed by atoms with E-state index in [1.54, 1.807) is 24.3 Å². The lowest BCUT2D eigenvalue weighted by molar-refractivity contribution is -0.141. The molecule has 3 saturated heterocycles. The first-order chi connectivity index (χ1) is 21.7. The molecule has 2 aromatic carbocycles. The second kappa shape index (κ2) is 11.8. The van der Waals surface area contributed by atoms with Crippen molar-refractivity contribution in [2.45, 2.75) is 37.8 Å². The lowest BCUT2D eigenvalue weighted by atomic mass is 10.2. The van der Waals surface area contributed by atoms with E-state index in [1.807, 2.05) is 24.3 Å². The molecule has 7 rings (SSSR count). The molecule has 0 unspecified atom stereocenters. The number of amides is 2. The Labute approximate surface area is 258 Å². The Morgan fingerprint density at radius 3 is 2.13 bits per heavy atom. The van der Waals surface area contributed by atoms with E-state index in [9.17, 15) is 18.0 Å². The minimum atomic E-state index is -4.46. The second-order valence-corrected chi connectivity index (χ2v) is 11.9. The SMILES string of the molecule is CN1CCN(c2ccc(NC(=O)Nc3ccc(-c4nc(N5C[C@H]6CC[C@@H](C5)O6)c5cnn(CC(F)(F)F)c5n4)cc3)cc2)CC1. The molecule has 236 valence electrons. The Morgan fingerprint density at radius 2 is 1.51 bits per heavy atom. The van der Waals surface area contributed by atoms with E-state index >= 15 is 0 Å². The van der Waals surface area contributed by atoms with Crippen LogP contribution < -0.4 is 20.4 Å². The zero-order chi connectivity index (χ0) is 31.1. The maximum Gasteiger partial charge on any atom is 0.408 e. The number of ether oxygens (including phenoxy) is 1. The molecular weight excluding hydrogens is 587 g/mol. The number of hydrogen-bond acceptors (Lipinski definition) is 8. The first-order valence-corrected chi connectivity index (χ1v) is 15.1. The third kappa shape index (κ3) is 6.52. The molecule has 2 N–H and O–H groups in total. The monoisotopic (exact) mass is 621 g/mol. The highest BCUT2D eigenvalue weighted by molar-refractivity contribution is 6.00. The molecule has 2 amide bonds. The minimum Gasteiger partial charge on any atom is -0.371 e. The highest BCUT2D eigenvalue weighted by atomic mass is 19.4. The van der Waals surface area contributed by atoms with Crippen molar-refractivity contribution < 1.29 is 22.7 Å². The van der Waals surface area contributed by atoms with Crippen molar-refractivity contribution in [2.75, 3.05) is 66.7 Å². The number of rotatable bonds is 6. The van der Waals surface area contributed by atoms with Crippen molar-refractivity contribution in [3.05, 3.63) is 54.7 Å². The summed E-state index contributed by atoms with van der Waals surface area (Å²) in [6.45, 7) is 3.90. The molecule has 0 aliphatic carbocycles. The van der Waals surface area contributed by atoms with Gasteiger partial charge in [0.05, 0.1) is 23.8 Å². The summed E-state index contributed by atoms with van der Waals surface area (Å²) in [6.07, 6.45) is -1.03. The quantitative estimate of drug-likeness (QED) is 0.316. The van der Waals surface area contributed by atoms with Crippen molar-refractivity contribution >= 4 is 39.9 Å². The average Bonchev–Trinajstić information content (AvgIpc) is 3.58. The summed E-state index contributed by atoms with van der Waals surface area (Å²) in [5.41, 5.74) is 3.04. The smallest absolute Gasteiger partial charge is 0.371 e. The number of benzene rings is 2. The first kappa shape index (κ1) is 29.3. The van der Waals surface area contributed by atoms with E-state index in [4.69, 9.17) is 9.72 Å². The van der Waals surface area contributed by atoms with Crippen LogP contribution in [0.5, 0.6) is 0 Å². The van der Waals surface area contributed by atoms with Gasteiger partial charge in [-0.15, -0.1) is 0 Å². The fourth-order valence-electron chi connectivity index (χ4n) is 6.20. The van der Waals surface area contributed by atoms with Gasteiger partial charge < -0.3 is 30.1 Å². The lowest BCUT2D eigenvalue weighted by Crippen LogP contribution is -2.44. The van der Waals surface area contributed by atoms with Crippen molar-refractivity contribution in [2.24, 2.45) is 0 Å². The molecule has 0 radical (unpaired) electrons. The third-order valence-corrected chi connectivity index (χ3v) is 8.54. The van der Waals surface area contributed by atoms with Crippen molar-refractivity contribution in [1.82, 2.24) is 24.6 Å². The van der Waals surface area contributed by atoms with Gasteiger partial charge in [-0.2, -0.15) is 18.3 Å². The predicted octanol–water partition coefficient (Wildman–Crippen LogP) is 4.82. The molecule has 45 heavy (non-hydrogen) atoms. The summed E-state index contributed by atoms with van der Waals surface area (Å²) < 4.78 is 46.9. The highest BCUT2D eigenvalue weighted by Gasteiger charge is 2.36. The Hall–Kier alpha value is -4.43. The number of hydrogen-bond donors (Lipinski definition) is 2. The summed E-state index contributed by atoms with van der Waals surface area (Å²) in [4.78, 5) is 28.7. The van der Waals surface area contributed by atoms with Crippen LogP contribution in [0.2, 0.25) is 0 Å². The van der Waals surface area contributed by atoms with Gasteiger partial charge in [-0.3, -0.25) is 0 Å². The lowest BCUT2D eigenvalue weighted by Gasteiger charge is -2.34. The number of urea groups is 1.